The minimum Gasteiger partial charge on any atom is -0.493 e. The first-order chi connectivity index (χ1) is 13.2. The second-order valence-electron chi connectivity index (χ2n) is 6.34. The number of nitrogens with one attached hydrogen (secondary N) is 2. The lowest BCUT2D eigenvalue weighted by Crippen LogP contribution is -2.37. The van der Waals surface area contributed by atoms with E-state index in [9.17, 15) is 0 Å². The monoisotopic (exact) mass is 378 g/mol. The molecule has 0 radical (unpaired) electrons. The van der Waals surface area contributed by atoms with Crippen LogP contribution in [0.2, 0.25) is 0 Å². The zero-order valence-electron chi connectivity index (χ0n) is 17.8. The second-order valence-corrected chi connectivity index (χ2v) is 6.34. The van der Waals surface area contributed by atoms with Gasteiger partial charge in [-0.2, -0.15) is 0 Å². The van der Waals surface area contributed by atoms with Crippen molar-refractivity contribution in [1.29, 1.82) is 0 Å². The van der Waals surface area contributed by atoms with Gasteiger partial charge >= 0.3 is 0 Å². The highest BCUT2D eigenvalue weighted by molar-refractivity contribution is 5.79. The van der Waals surface area contributed by atoms with Crippen molar-refractivity contribution in [1.82, 2.24) is 15.5 Å². The molecule has 0 aliphatic heterocycles. The van der Waals surface area contributed by atoms with Crippen LogP contribution in [0.1, 0.15) is 46.1 Å². The number of benzene rings is 1. The van der Waals surface area contributed by atoms with Gasteiger partial charge in [-0.05, 0) is 44.1 Å². The zero-order chi connectivity index (χ0) is 19.9. The maximum absolute atomic E-state index is 5.92. The van der Waals surface area contributed by atoms with Crippen LogP contribution in [0.5, 0.6) is 11.5 Å². The smallest absolute Gasteiger partial charge is 0.191 e. The Morgan fingerprint density at radius 2 is 1.85 bits per heavy atom. The number of rotatable bonds is 13. The van der Waals surface area contributed by atoms with Gasteiger partial charge in [0.05, 0.1) is 13.7 Å². The topological polar surface area (TPSA) is 58.1 Å². The first kappa shape index (κ1) is 23.1. The Morgan fingerprint density at radius 3 is 2.48 bits per heavy atom. The number of aliphatic imine (C=N–C) groups is 1. The summed E-state index contributed by atoms with van der Waals surface area (Å²) in [6, 6.07) is 6.03. The minimum absolute atomic E-state index is 0.595. The molecule has 1 rings (SSSR count). The summed E-state index contributed by atoms with van der Waals surface area (Å²) >= 11 is 0. The van der Waals surface area contributed by atoms with E-state index < -0.39 is 0 Å². The maximum atomic E-state index is 5.92. The molecule has 0 fully saturated rings. The van der Waals surface area contributed by atoms with Crippen LogP contribution >= 0.6 is 0 Å². The SMILES string of the molecule is CCCCNC(=NCc1ccc(OCCN(CC)CC)c(OC)c1)NCC. The third-order valence-electron chi connectivity index (χ3n) is 4.37. The van der Waals surface area contributed by atoms with Crippen LogP contribution in [0.15, 0.2) is 23.2 Å². The molecule has 0 aliphatic rings. The van der Waals surface area contributed by atoms with Crippen LogP contribution in [0.3, 0.4) is 0 Å². The van der Waals surface area contributed by atoms with Crippen molar-refractivity contribution in [2.75, 3.05) is 46.4 Å². The lowest BCUT2D eigenvalue weighted by atomic mass is 10.2. The summed E-state index contributed by atoms with van der Waals surface area (Å²) in [6.45, 7) is 14.6. The van der Waals surface area contributed by atoms with Gasteiger partial charge in [-0.25, -0.2) is 4.99 Å². The molecular weight excluding hydrogens is 340 g/mol. The first-order valence-corrected chi connectivity index (χ1v) is 10.2. The molecule has 0 saturated heterocycles. The molecule has 27 heavy (non-hydrogen) atoms. The third-order valence-corrected chi connectivity index (χ3v) is 4.37. The average molecular weight is 379 g/mol. The van der Waals surface area contributed by atoms with Crippen LogP contribution in [0.25, 0.3) is 0 Å². The van der Waals surface area contributed by atoms with E-state index in [4.69, 9.17) is 9.47 Å². The van der Waals surface area contributed by atoms with Crippen LogP contribution in [0.4, 0.5) is 0 Å². The fourth-order valence-corrected chi connectivity index (χ4v) is 2.65. The predicted molar refractivity (Wildman–Crippen MR) is 114 cm³/mol. The summed E-state index contributed by atoms with van der Waals surface area (Å²) in [6.07, 6.45) is 2.30. The largest absolute Gasteiger partial charge is 0.493 e. The molecule has 0 spiro atoms. The normalized spacial score (nSPS) is 11.6. The first-order valence-electron chi connectivity index (χ1n) is 10.2. The quantitative estimate of drug-likeness (QED) is 0.313. The van der Waals surface area contributed by atoms with E-state index in [0.717, 1.165) is 62.2 Å². The molecule has 0 amide bonds. The van der Waals surface area contributed by atoms with Crippen LogP contribution < -0.4 is 20.1 Å². The fraction of sp³-hybridized carbons (Fsp3) is 0.667. The Balaban J connectivity index is 2.67. The summed E-state index contributed by atoms with van der Waals surface area (Å²) in [5.74, 6) is 2.39. The standard InChI is InChI=1S/C21H38N4O2/c1-6-10-13-23-21(22-7-2)24-17-18-11-12-19(20(16-18)26-5)27-15-14-25(8-3)9-4/h11-12,16H,6-10,13-15,17H2,1-5H3,(H2,22,23,24). The molecule has 0 bridgehead atoms. The lowest BCUT2D eigenvalue weighted by Gasteiger charge is -2.19. The Morgan fingerprint density at radius 1 is 1.07 bits per heavy atom. The molecule has 154 valence electrons. The minimum atomic E-state index is 0.595. The van der Waals surface area contributed by atoms with E-state index in [2.05, 4.69) is 48.2 Å². The highest BCUT2D eigenvalue weighted by Crippen LogP contribution is 2.28. The Hall–Kier alpha value is -1.95. The average Bonchev–Trinajstić information content (AvgIpc) is 2.70. The zero-order valence-corrected chi connectivity index (χ0v) is 17.8. The second kappa shape index (κ2) is 14.2. The van der Waals surface area contributed by atoms with Gasteiger partial charge in [0, 0.05) is 19.6 Å². The third kappa shape index (κ3) is 9.00. The van der Waals surface area contributed by atoms with Gasteiger partial charge < -0.3 is 25.0 Å². The molecule has 0 atom stereocenters. The number of likely N-dealkylation sites (N-methyl/N-ethyl adjacent to an activating group) is 1. The summed E-state index contributed by atoms with van der Waals surface area (Å²) in [5, 5.41) is 6.64. The van der Waals surface area contributed by atoms with Gasteiger partial charge in [-0.1, -0.05) is 33.3 Å². The molecule has 6 nitrogen and oxygen atoms in total. The summed E-state index contributed by atoms with van der Waals surface area (Å²) in [5.41, 5.74) is 1.09. The molecule has 2 N–H and O–H groups in total. The van der Waals surface area contributed by atoms with Gasteiger partial charge in [-0.3, -0.25) is 0 Å². The maximum Gasteiger partial charge on any atom is 0.191 e. The molecule has 1 aromatic carbocycles. The van der Waals surface area contributed by atoms with Crippen molar-refractivity contribution in [3.63, 3.8) is 0 Å². The molecule has 0 heterocycles. The summed E-state index contributed by atoms with van der Waals surface area (Å²) in [7, 11) is 1.68. The van der Waals surface area contributed by atoms with E-state index in [1.54, 1.807) is 7.11 Å². The van der Waals surface area contributed by atoms with Crippen LogP contribution in [-0.4, -0.2) is 57.3 Å². The predicted octanol–water partition coefficient (Wildman–Crippen LogP) is 3.27. The van der Waals surface area contributed by atoms with E-state index in [1.165, 1.54) is 6.42 Å². The molecule has 1 aromatic rings. The van der Waals surface area contributed by atoms with Crippen molar-refractivity contribution in [2.24, 2.45) is 4.99 Å². The highest BCUT2D eigenvalue weighted by Gasteiger charge is 2.07. The van der Waals surface area contributed by atoms with E-state index in [0.29, 0.717) is 13.2 Å². The summed E-state index contributed by atoms with van der Waals surface area (Å²) in [4.78, 5) is 7.00. The number of hydrogen-bond donors (Lipinski definition) is 2. The van der Waals surface area contributed by atoms with Crippen molar-refractivity contribution >= 4 is 5.96 Å². The molecule has 0 aliphatic carbocycles. The summed E-state index contributed by atoms with van der Waals surface area (Å²) < 4.78 is 11.4. The molecule has 0 saturated carbocycles. The van der Waals surface area contributed by atoms with Gasteiger partial charge in [0.25, 0.3) is 0 Å². The van der Waals surface area contributed by atoms with E-state index in [-0.39, 0.29) is 0 Å². The number of ether oxygens (including phenoxy) is 2. The van der Waals surface area contributed by atoms with Crippen molar-refractivity contribution in [2.45, 2.75) is 47.1 Å². The van der Waals surface area contributed by atoms with Gasteiger partial charge in [0.2, 0.25) is 0 Å². The number of hydrogen-bond acceptors (Lipinski definition) is 4. The Labute approximate surface area is 165 Å². The lowest BCUT2D eigenvalue weighted by molar-refractivity contribution is 0.217. The molecular formula is C21H38N4O2. The molecule has 6 heteroatoms. The van der Waals surface area contributed by atoms with Crippen molar-refractivity contribution in [3.05, 3.63) is 23.8 Å². The van der Waals surface area contributed by atoms with E-state index in [1.807, 2.05) is 18.2 Å². The Bertz CT molecular complexity index is 545. The number of methoxy groups -OCH3 is 1. The molecule has 0 unspecified atom stereocenters. The van der Waals surface area contributed by atoms with Gasteiger partial charge in [0.1, 0.15) is 6.61 Å². The molecule has 0 aromatic heterocycles. The van der Waals surface area contributed by atoms with Gasteiger partial charge in [-0.15, -0.1) is 0 Å². The highest BCUT2D eigenvalue weighted by atomic mass is 16.5. The van der Waals surface area contributed by atoms with Crippen LogP contribution in [-0.2, 0) is 6.54 Å². The van der Waals surface area contributed by atoms with Crippen molar-refractivity contribution < 1.29 is 9.47 Å². The number of guanidine groups is 1. The Kier molecular flexibility index (Phi) is 12.1. The van der Waals surface area contributed by atoms with E-state index >= 15 is 0 Å². The fourth-order valence-electron chi connectivity index (χ4n) is 2.65. The van der Waals surface area contributed by atoms with Gasteiger partial charge in [0.15, 0.2) is 17.5 Å². The number of nitrogens with zero attached hydrogens (tertiary/aromatic N) is 2. The number of unbranched alkanes of at least 4 members (excludes halogenated alkanes) is 1. The van der Waals surface area contributed by atoms with Crippen molar-refractivity contribution in [3.8, 4) is 11.5 Å². The van der Waals surface area contributed by atoms with Crippen LogP contribution in [0, 0.1) is 0 Å².